The molecule has 0 radical (unpaired) electrons. The molecular weight excluding hydrogens is 252 g/mol. The highest BCUT2D eigenvalue weighted by molar-refractivity contribution is 5.76. The van der Waals surface area contributed by atoms with Crippen molar-refractivity contribution < 1.29 is 14.6 Å². The third-order valence-corrected chi connectivity index (χ3v) is 5.29. The Kier molecular flexibility index (Phi) is 3.96. The van der Waals surface area contributed by atoms with Crippen molar-refractivity contribution in [3.8, 4) is 0 Å². The number of rotatable bonds is 3. The van der Waals surface area contributed by atoms with Crippen molar-refractivity contribution in [2.45, 2.75) is 84.3 Å². The highest BCUT2D eigenvalue weighted by atomic mass is 16.6. The molecule has 4 unspecified atom stereocenters. The number of carbonyl (C=O) groups is 1. The molecule has 1 N–H and O–H groups in total. The zero-order chi connectivity index (χ0) is 15.2. The first kappa shape index (κ1) is 15.8. The molecule has 0 heterocycles. The van der Waals surface area contributed by atoms with Gasteiger partial charge < -0.3 is 9.84 Å². The molecule has 2 bridgehead atoms. The van der Waals surface area contributed by atoms with E-state index in [-0.39, 0.29) is 5.97 Å². The summed E-state index contributed by atoms with van der Waals surface area (Å²) in [5.41, 5.74) is -1.57. The lowest BCUT2D eigenvalue weighted by Gasteiger charge is -2.52. The van der Waals surface area contributed by atoms with Gasteiger partial charge in [0.25, 0.3) is 0 Å². The first-order valence-electron chi connectivity index (χ1n) is 8.03. The molecule has 4 atom stereocenters. The van der Waals surface area contributed by atoms with Gasteiger partial charge in [-0.1, -0.05) is 13.8 Å². The number of hydrogen-bond acceptors (Lipinski definition) is 3. The minimum atomic E-state index is -0.695. The minimum absolute atomic E-state index is 0.106. The normalized spacial score (nSPS) is 41.3. The lowest BCUT2D eigenvalue weighted by atomic mass is 9.61. The van der Waals surface area contributed by atoms with Crippen molar-refractivity contribution in [2.24, 2.45) is 17.3 Å². The van der Waals surface area contributed by atoms with E-state index in [1.165, 1.54) is 0 Å². The predicted molar refractivity (Wildman–Crippen MR) is 79.3 cm³/mol. The van der Waals surface area contributed by atoms with Gasteiger partial charge in [-0.25, -0.2) is 0 Å². The van der Waals surface area contributed by atoms with Gasteiger partial charge in [-0.3, -0.25) is 4.79 Å². The standard InChI is InChI=1S/C17H30O3/c1-6-15(3,4)14(18)20-17-8-12(2)7-13(10-17)9-16(5,19)11-17/h12-13,19H,6-11H2,1-5H3. The van der Waals surface area contributed by atoms with Crippen molar-refractivity contribution in [1.82, 2.24) is 0 Å². The van der Waals surface area contributed by atoms with E-state index in [0.29, 0.717) is 18.3 Å². The van der Waals surface area contributed by atoms with Crippen LogP contribution in [-0.4, -0.2) is 22.3 Å². The Hall–Kier alpha value is -0.570. The zero-order valence-electron chi connectivity index (χ0n) is 13.7. The topological polar surface area (TPSA) is 46.5 Å². The van der Waals surface area contributed by atoms with E-state index >= 15 is 0 Å². The molecule has 2 aliphatic carbocycles. The molecule has 0 aliphatic heterocycles. The molecule has 0 aromatic rings. The lowest BCUT2D eigenvalue weighted by molar-refractivity contribution is -0.198. The molecule has 20 heavy (non-hydrogen) atoms. The van der Waals surface area contributed by atoms with E-state index in [9.17, 15) is 9.90 Å². The summed E-state index contributed by atoms with van der Waals surface area (Å²) >= 11 is 0. The van der Waals surface area contributed by atoms with Crippen LogP contribution >= 0.6 is 0 Å². The number of hydrogen-bond donors (Lipinski definition) is 1. The third-order valence-electron chi connectivity index (χ3n) is 5.29. The number of esters is 1. The van der Waals surface area contributed by atoms with Gasteiger partial charge in [0, 0.05) is 6.42 Å². The molecule has 0 aromatic carbocycles. The van der Waals surface area contributed by atoms with Crippen LogP contribution in [0, 0.1) is 17.3 Å². The number of fused-ring (bicyclic) bond motifs is 2. The van der Waals surface area contributed by atoms with Crippen LogP contribution in [0.15, 0.2) is 0 Å². The van der Waals surface area contributed by atoms with Gasteiger partial charge in [0.2, 0.25) is 0 Å². The molecule has 2 rings (SSSR count). The predicted octanol–water partition coefficient (Wildman–Crippen LogP) is 3.69. The summed E-state index contributed by atoms with van der Waals surface area (Å²) in [6, 6.07) is 0. The highest BCUT2D eigenvalue weighted by Gasteiger charge is 2.52. The van der Waals surface area contributed by atoms with Crippen LogP contribution in [0.2, 0.25) is 0 Å². The summed E-state index contributed by atoms with van der Waals surface area (Å²) < 4.78 is 6.01. The van der Waals surface area contributed by atoms with E-state index in [1.54, 1.807) is 0 Å². The highest BCUT2D eigenvalue weighted by Crippen LogP contribution is 2.51. The summed E-state index contributed by atoms with van der Waals surface area (Å²) in [7, 11) is 0. The summed E-state index contributed by atoms with van der Waals surface area (Å²) in [4.78, 5) is 12.5. The Morgan fingerprint density at radius 3 is 2.60 bits per heavy atom. The molecule has 2 fully saturated rings. The molecule has 0 saturated heterocycles. The molecule has 116 valence electrons. The first-order valence-corrected chi connectivity index (χ1v) is 8.03. The summed E-state index contributed by atoms with van der Waals surface area (Å²) in [6.45, 7) is 10.0. The van der Waals surface area contributed by atoms with Crippen LogP contribution in [-0.2, 0) is 9.53 Å². The summed E-state index contributed by atoms with van der Waals surface area (Å²) in [5, 5.41) is 10.5. The molecule has 3 nitrogen and oxygen atoms in total. The van der Waals surface area contributed by atoms with E-state index < -0.39 is 16.6 Å². The van der Waals surface area contributed by atoms with E-state index in [4.69, 9.17) is 4.74 Å². The fraction of sp³-hybridized carbons (Fsp3) is 0.941. The van der Waals surface area contributed by atoms with Crippen molar-refractivity contribution in [1.29, 1.82) is 0 Å². The largest absolute Gasteiger partial charge is 0.459 e. The SMILES string of the molecule is CCC(C)(C)C(=O)OC12CC(C)CC(CC(C)(O)C1)C2. The van der Waals surface area contributed by atoms with Crippen molar-refractivity contribution in [3.63, 3.8) is 0 Å². The second kappa shape index (κ2) is 5.01. The van der Waals surface area contributed by atoms with E-state index in [2.05, 4.69) is 6.92 Å². The van der Waals surface area contributed by atoms with Gasteiger partial charge in [0.05, 0.1) is 11.0 Å². The van der Waals surface area contributed by atoms with Gasteiger partial charge in [0.15, 0.2) is 0 Å². The fourth-order valence-electron chi connectivity index (χ4n) is 4.27. The van der Waals surface area contributed by atoms with Gasteiger partial charge in [-0.2, -0.15) is 0 Å². The molecule has 2 saturated carbocycles. The second-order valence-electron chi connectivity index (χ2n) is 8.30. The van der Waals surface area contributed by atoms with Crippen molar-refractivity contribution in [2.75, 3.05) is 0 Å². The maximum absolute atomic E-state index is 12.5. The molecule has 3 heteroatoms. The van der Waals surface area contributed by atoms with Crippen LogP contribution in [0.25, 0.3) is 0 Å². The average molecular weight is 282 g/mol. The Morgan fingerprint density at radius 1 is 1.35 bits per heavy atom. The molecule has 0 amide bonds. The monoisotopic (exact) mass is 282 g/mol. The third kappa shape index (κ3) is 3.19. The van der Waals surface area contributed by atoms with Crippen LogP contribution in [0.5, 0.6) is 0 Å². The quantitative estimate of drug-likeness (QED) is 0.803. The number of ether oxygens (including phenoxy) is 1. The summed E-state index contributed by atoms with van der Waals surface area (Å²) in [5.74, 6) is 0.952. The maximum Gasteiger partial charge on any atom is 0.312 e. The van der Waals surface area contributed by atoms with Gasteiger partial charge in [-0.15, -0.1) is 0 Å². The van der Waals surface area contributed by atoms with Gasteiger partial charge >= 0.3 is 5.97 Å². The molecule has 0 spiro atoms. The first-order chi connectivity index (χ1) is 9.07. The van der Waals surface area contributed by atoms with E-state index in [1.807, 2.05) is 27.7 Å². The van der Waals surface area contributed by atoms with Crippen molar-refractivity contribution >= 4 is 5.97 Å². The maximum atomic E-state index is 12.5. The van der Waals surface area contributed by atoms with Crippen LogP contribution < -0.4 is 0 Å². The van der Waals surface area contributed by atoms with Gasteiger partial charge in [0.1, 0.15) is 5.60 Å². The Labute approximate surface area is 123 Å². The summed E-state index contributed by atoms with van der Waals surface area (Å²) in [6.07, 6.45) is 5.17. The van der Waals surface area contributed by atoms with Crippen LogP contribution in [0.1, 0.15) is 73.1 Å². The van der Waals surface area contributed by atoms with E-state index in [0.717, 1.165) is 32.1 Å². The second-order valence-corrected chi connectivity index (χ2v) is 8.30. The van der Waals surface area contributed by atoms with Crippen LogP contribution in [0.3, 0.4) is 0 Å². The zero-order valence-corrected chi connectivity index (χ0v) is 13.7. The average Bonchev–Trinajstić information content (AvgIpc) is 2.24. The smallest absolute Gasteiger partial charge is 0.312 e. The number of carbonyl (C=O) groups excluding carboxylic acids is 1. The fourth-order valence-corrected chi connectivity index (χ4v) is 4.27. The minimum Gasteiger partial charge on any atom is -0.459 e. The lowest BCUT2D eigenvalue weighted by Crippen LogP contribution is -2.54. The molecule has 2 aliphatic rings. The van der Waals surface area contributed by atoms with Crippen LogP contribution in [0.4, 0.5) is 0 Å². The Balaban J connectivity index is 2.19. The van der Waals surface area contributed by atoms with Crippen molar-refractivity contribution in [3.05, 3.63) is 0 Å². The molecule has 0 aromatic heterocycles. The Bertz CT molecular complexity index is 382. The number of aliphatic hydroxyl groups is 1. The van der Waals surface area contributed by atoms with Gasteiger partial charge in [-0.05, 0) is 64.7 Å². The molecular formula is C17H30O3. The Morgan fingerprint density at radius 2 is 2.00 bits per heavy atom.